The van der Waals surface area contributed by atoms with E-state index in [0.29, 0.717) is 5.92 Å². The fourth-order valence-electron chi connectivity index (χ4n) is 4.04. The Morgan fingerprint density at radius 2 is 2.17 bits per heavy atom. The largest absolute Gasteiger partial charge is 0.370 e. The molecule has 2 aliphatic rings. The van der Waals surface area contributed by atoms with Crippen molar-refractivity contribution in [2.75, 3.05) is 32.0 Å². The van der Waals surface area contributed by atoms with E-state index in [2.05, 4.69) is 62.1 Å². The van der Waals surface area contributed by atoms with Crippen LogP contribution in [0.5, 0.6) is 0 Å². The van der Waals surface area contributed by atoms with Gasteiger partial charge in [0.25, 0.3) is 0 Å². The van der Waals surface area contributed by atoms with Crippen molar-refractivity contribution < 1.29 is 0 Å². The van der Waals surface area contributed by atoms with Crippen LogP contribution in [0.4, 0.5) is 5.82 Å². The summed E-state index contributed by atoms with van der Waals surface area (Å²) in [5, 5.41) is 8.76. The van der Waals surface area contributed by atoms with Gasteiger partial charge in [-0.1, -0.05) is 22.0 Å². The van der Waals surface area contributed by atoms with E-state index in [-0.39, 0.29) is 0 Å². The number of nitrogens with one attached hydrogen (secondary N) is 1. The standard InChI is InChI=1S/C19H25BrN4/c1-23-11-5-6-14(13-23)18-17-9-2-3-10-21-19(17)24(22-18)16-8-4-7-15(20)12-16/h4,7-8,12,14,21H,2-3,5-6,9-11,13H2,1H3. The predicted molar refractivity (Wildman–Crippen MR) is 102 cm³/mol. The molecule has 1 saturated heterocycles. The molecule has 0 radical (unpaired) electrons. The molecule has 2 aliphatic heterocycles. The summed E-state index contributed by atoms with van der Waals surface area (Å²) in [4.78, 5) is 2.45. The molecule has 1 fully saturated rings. The maximum Gasteiger partial charge on any atom is 0.133 e. The first-order valence-corrected chi connectivity index (χ1v) is 9.82. The summed E-state index contributed by atoms with van der Waals surface area (Å²) in [5.74, 6) is 1.78. The highest BCUT2D eigenvalue weighted by Crippen LogP contribution is 2.35. The normalized spacial score (nSPS) is 21.8. The molecule has 4 rings (SSSR count). The highest BCUT2D eigenvalue weighted by atomic mass is 79.9. The van der Waals surface area contributed by atoms with E-state index in [9.17, 15) is 0 Å². The molecule has 1 atom stereocenters. The van der Waals surface area contributed by atoms with Crippen molar-refractivity contribution in [2.45, 2.75) is 38.0 Å². The maximum absolute atomic E-state index is 5.11. The third-order valence-corrected chi connectivity index (χ3v) is 5.72. The smallest absolute Gasteiger partial charge is 0.133 e. The molecular formula is C19H25BrN4. The summed E-state index contributed by atoms with van der Waals surface area (Å²) in [5.41, 5.74) is 3.91. The number of halogens is 1. The number of likely N-dealkylation sites (tertiary alicyclic amines) is 1. The number of hydrogen-bond acceptors (Lipinski definition) is 3. The van der Waals surface area contributed by atoms with Crippen molar-refractivity contribution >= 4 is 21.7 Å². The molecule has 128 valence electrons. The third kappa shape index (κ3) is 3.11. The molecule has 0 bridgehead atoms. The molecule has 0 saturated carbocycles. The number of nitrogens with zero attached hydrogens (tertiary/aromatic N) is 3. The van der Waals surface area contributed by atoms with E-state index in [4.69, 9.17) is 5.10 Å². The Morgan fingerprint density at radius 1 is 1.25 bits per heavy atom. The second-order valence-electron chi connectivity index (χ2n) is 7.09. The zero-order chi connectivity index (χ0) is 16.5. The van der Waals surface area contributed by atoms with Crippen LogP contribution in [-0.4, -0.2) is 41.4 Å². The molecular weight excluding hydrogens is 364 g/mol. The quantitative estimate of drug-likeness (QED) is 0.836. The maximum atomic E-state index is 5.11. The molecule has 0 spiro atoms. The minimum atomic E-state index is 0.561. The van der Waals surface area contributed by atoms with Crippen LogP contribution in [0.15, 0.2) is 28.7 Å². The number of benzene rings is 1. The Kier molecular flexibility index (Phi) is 4.63. The van der Waals surface area contributed by atoms with E-state index in [1.165, 1.54) is 49.3 Å². The van der Waals surface area contributed by atoms with Gasteiger partial charge >= 0.3 is 0 Å². The van der Waals surface area contributed by atoms with Gasteiger partial charge in [-0.2, -0.15) is 5.10 Å². The van der Waals surface area contributed by atoms with Gasteiger partial charge in [0, 0.05) is 29.0 Å². The van der Waals surface area contributed by atoms with E-state index < -0.39 is 0 Å². The van der Waals surface area contributed by atoms with Crippen LogP contribution in [0.25, 0.3) is 5.69 Å². The van der Waals surface area contributed by atoms with Gasteiger partial charge in [0.1, 0.15) is 5.82 Å². The Labute approximate surface area is 152 Å². The molecule has 2 aromatic rings. The summed E-state index contributed by atoms with van der Waals surface area (Å²) in [6.07, 6.45) is 6.15. The predicted octanol–water partition coefficient (Wildman–Crippen LogP) is 4.19. The second kappa shape index (κ2) is 6.89. The first kappa shape index (κ1) is 16.2. The van der Waals surface area contributed by atoms with E-state index in [1.807, 2.05) is 0 Å². The molecule has 1 aromatic heterocycles. The van der Waals surface area contributed by atoms with Crippen molar-refractivity contribution in [3.8, 4) is 5.69 Å². The summed E-state index contributed by atoms with van der Waals surface area (Å²) >= 11 is 3.59. The molecule has 4 nitrogen and oxygen atoms in total. The molecule has 1 aromatic carbocycles. The highest BCUT2D eigenvalue weighted by molar-refractivity contribution is 9.10. The lowest BCUT2D eigenvalue weighted by Gasteiger charge is -2.29. The lowest BCUT2D eigenvalue weighted by Crippen LogP contribution is -2.31. The van der Waals surface area contributed by atoms with Crippen LogP contribution in [0, 0.1) is 0 Å². The number of hydrogen-bond donors (Lipinski definition) is 1. The summed E-state index contributed by atoms with van der Waals surface area (Å²) in [7, 11) is 2.23. The second-order valence-corrected chi connectivity index (χ2v) is 8.01. The van der Waals surface area contributed by atoms with Crippen LogP contribution in [-0.2, 0) is 6.42 Å². The minimum Gasteiger partial charge on any atom is -0.370 e. The number of aromatic nitrogens is 2. The highest BCUT2D eigenvalue weighted by Gasteiger charge is 2.28. The van der Waals surface area contributed by atoms with Gasteiger partial charge in [0.15, 0.2) is 0 Å². The number of piperidine rings is 1. The Hall–Kier alpha value is -1.33. The van der Waals surface area contributed by atoms with Gasteiger partial charge in [0.2, 0.25) is 0 Å². The first-order chi connectivity index (χ1) is 11.7. The summed E-state index contributed by atoms with van der Waals surface area (Å²) in [6, 6.07) is 8.44. The van der Waals surface area contributed by atoms with Gasteiger partial charge in [-0.25, -0.2) is 4.68 Å². The number of fused-ring (bicyclic) bond motifs is 1. The van der Waals surface area contributed by atoms with E-state index in [1.54, 1.807) is 0 Å². The monoisotopic (exact) mass is 388 g/mol. The Morgan fingerprint density at radius 3 is 3.00 bits per heavy atom. The average molecular weight is 389 g/mol. The van der Waals surface area contributed by atoms with E-state index >= 15 is 0 Å². The lowest BCUT2D eigenvalue weighted by molar-refractivity contribution is 0.247. The van der Waals surface area contributed by atoms with Crippen molar-refractivity contribution in [3.05, 3.63) is 40.0 Å². The van der Waals surface area contributed by atoms with Crippen LogP contribution in [0.2, 0.25) is 0 Å². The molecule has 1 N–H and O–H groups in total. The topological polar surface area (TPSA) is 33.1 Å². The van der Waals surface area contributed by atoms with Gasteiger partial charge in [0.05, 0.1) is 11.4 Å². The van der Waals surface area contributed by atoms with Crippen molar-refractivity contribution in [1.82, 2.24) is 14.7 Å². The molecule has 0 aliphatic carbocycles. The van der Waals surface area contributed by atoms with Gasteiger partial charge in [-0.05, 0) is 63.9 Å². The number of anilines is 1. The van der Waals surface area contributed by atoms with Crippen LogP contribution in [0.3, 0.4) is 0 Å². The van der Waals surface area contributed by atoms with Crippen molar-refractivity contribution in [2.24, 2.45) is 0 Å². The van der Waals surface area contributed by atoms with E-state index in [0.717, 1.165) is 29.7 Å². The Balaban J connectivity index is 1.79. The molecule has 3 heterocycles. The third-order valence-electron chi connectivity index (χ3n) is 5.22. The zero-order valence-corrected chi connectivity index (χ0v) is 15.8. The van der Waals surface area contributed by atoms with Crippen LogP contribution < -0.4 is 5.32 Å². The molecule has 1 unspecified atom stereocenters. The SMILES string of the molecule is CN1CCCC(c2nn(-c3cccc(Br)c3)c3c2CCCCN3)C1. The zero-order valence-electron chi connectivity index (χ0n) is 14.3. The number of likely N-dealkylation sites (N-methyl/N-ethyl adjacent to an activating group) is 1. The molecule has 24 heavy (non-hydrogen) atoms. The average Bonchev–Trinajstić information content (AvgIpc) is 2.76. The van der Waals surface area contributed by atoms with Crippen molar-refractivity contribution in [3.63, 3.8) is 0 Å². The molecule has 0 amide bonds. The minimum absolute atomic E-state index is 0.561. The van der Waals surface area contributed by atoms with Gasteiger partial charge < -0.3 is 10.2 Å². The van der Waals surface area contributed by atoms with Gasteiger partial charge in [-0.15, -0.1) is 0 Å². The van der Waals surface area contributed by atoms with Crippen molar-refractivity contribution in [1.29, 1.82) is 0 Å². The van der Waals surface area contributed by atoms with Gasteiger partial charge in [-0.3, -0.25) is 0 Å². The van der Waals surface area contributed by atoms with Crippen LogP contribution >= 0.6 is 15.9 Å². The fourth-order valence-corrected chi connectivity index (χ4v) is 4.43. The summed E-state index contributed by atoms with van der Waals surface area (Å²) in [6.45, 7) is 3.38. The number of rotatable bonds is 2. The van der Waals surface area contributed by atoms with Crippen LogP contribution in [0.1, 0.15) is 42.9 Å². The summed E-state index contributed by atoms with van der Waals surface area (Å²) < 4.78 is 3.23. The Bertz CT molecular complexity index is 724. The molecule has 5 heteroatoms. The fraction of sp³-hybridized carbons (Fsp3) is 0.526. The lowest BCUT2D eigenvalue weighted by atomic mass is 9.91. The first-order valence-electron chi connectivity index (χ1n) is 9.02.